The number of nitrogens with one attached hydrogen (secondary N) is 1. The fourth-order valence-electron chi connectivity index (χ4n) is 1.35. The van der Waals surface area contributed by atoms with Crippen molar-refractivity contribution in [2.45, 2.75) is 0 Å². The van der Waals surface area contributed by atoms with Crippen LogP contribution in [0.25, 0.3) is 0 Å². The smallest absolute Gasteiger partial charge is 0.291 e. The molecule has 6 heteroatoms. The zero-order valence-electron chi connectivity index (χ0n) is 8.31. The third kappa shape index (κ3) is 1.59. The number of carbonyl (C=O) groups excluding carboxylic acids is 2. The maximum Gasteiger partial charge on any atom is 0.291 e. The van der Waals surface area contributed by atoms with Crippen molar-refractivity contribution in [3.8, 4) is 0 Å². The molecule has 78 valence electrons. The van der Waals surface area contributed by atoms with E-state index in [-0.39, 0.29) is 11.2 Å². The molecular weight excluding hydrogens is 205 g/mol. The molecule has 3 N–H and O–H groups in total. The fraction of sp³-hybridized carbons (Fsp3) is 0. The van der Waals surface area contributed by atoms with Crippen LogP contribution in [0.4, 0.5) is 5.69 Å². The van der Waals surface area contributed by atoms with E-state index in [1.54, 1.807) is 24.3 Å². The van der Waals surface area contributed by atoms with Crippen LogP contribution < -0.4 is 11.2 Å². The highest BCUT2D eigenvalue weighted by Crippen LogP contribution is 2.18. The van der Waals surface area contributed by atoms with Gasteiger partial charge in [0.25, 0.3) is 11.8 Å². The van der Waals surface area contributed by atoms with Crippen molar-refractivity contribution in [1.82, 2.24) is 5.01 Å². The molecule has 0 aromatic heterocycles. The van der Waals surface area contributed by atoms with E-state index < -0.39 is 11.8 Å². The van der Waals surface area contributed by atoms with Gasteiger partial charge in [0.1, 0.15) is 13.5 Å². The van der Waals surface area contributed by atoms with E-state index in [1.165, 1.54) is 0 Å². The summed E-state index contributed by atoms with van der Waals surface area (Å²) in [5.74, 6) is 3.90. The Morgan fingerprint density at radius 2 is 1.75 bits per heavy atom. The average molecular weight is 213 g/mol. The number of anilines is 1. The molecule has 0 saturated carbocycles. The number of para-hydroxylation sites is 1. The lowest BCUT2D eigenvalue weighted by Crippen LogP contribution is -2.38. The zero-order chi connectivity index (χ0) is 11.7. The Morgan fingerprint density at radius 3 is 2.25 bits per heavy atom. The van der Waals surface area contributed by atoms with Gasteiger partial charge in [-0.05, 0) is 17.6 Å². The van der Waals surface area contributed by atoms with E-state index in [1.807, 2.05) is 6.07 Å². The lowest BCUT2D eigenvalue weighted by molar-refractivity contribution is -0.137. The van der Waals surface area contributed by atoms with Crippen molar-refractivity contribution < 1.29 is 9.59 Å². The molecule has 5 nitrogen and oxygen atoms in total. The van der Waals surface area contributed by atoms with Gasteiger partial charge in [-0.25, -0.2) is 10.9 Å². The van der Waals surface area contributed by atoms with Gasteiger partial charge in [-0.15, -0.1) is 0 Å². The molecule has 1 heterocycles. The van der Waals surface area contributed by atoms with Crippen LogP contribution in [0, 0.1) is 0 Å². The minimum atomic E-state index is -0.691. The standard InChI is InChI=1S/C10H8BN3O2/c11-7-8(10(16)14(12)9(7)15)13-6-4-2-1-3-5-6/h1-5,13H,12H2. The Balaban J connectivity index is 2.29. The van der Waals surface area contributed by atoms with E-state index in [0.717, 1.165) is 0 Å². The van der Waals surface area contributed by atoms with Crippen LogP contribution in [0.3, 0.4) is 0 Å². The summed E-state index contributed by atoms with van der Waals surface area (Å²) >= 11 is 0. The molecule has 2 amide bonds. The second-order valence-electron chi connectivity index (χ2n) is 3.26. The summed E-state index contributed by atoms with van der Waals surface area (Å²) in [5, 5.41) is 3.25. The van der Waals surface area contributed by atoms with Crippen molar-refractivity contribution in [2.75, 3.05) is 5.32 Å². The first-order valence-corrected chi connectivity index (χ1v) is 4.56. The van der Waals surface area contributed by atoms with E-state index >= 15 is 0 Å². The van der Waals surface area contributed by atoms with Gasteiger partial charge < -0.3 is 5.32 Å². The average Bonchev–Trinajstić information content (AvgIpc) is 2.48. The van der Waals surface area contributed by atoms with Crippen LogP contribution in [0.15, 0.2) is 41.5 Å². The number of carbonyl (C=O) groups is 2. The second-order valence-corrected chi connectivity index (χ2v) is 3.26. The summed E-state index contributed by atoms with van der Waals surface area (Å²) in [5.41, 5.74) is 0.506. The molecule has 0 saturated heterocycles. The number of hydrogen-bond donors (Lipinski definition) is 2. The summed E-state index contributed by atoms with van der Waals surface area (Å²) < 4.78 is 0. The lowest BCUT2D eigenvalue weighted by Gasteiger charge is -2.08. The molecule has 0 unspecified atom stereocenters. The second kappa shape index (κ2) is 3.82. The topological polar surface area (TPSA) is 75.4 Å². The first kappa shape index (κ1) is 10.4. The first-order valence-electron chi connectivity index (χ1n) is 4.56. The quantitative estimate of drug-likeness (QED) is 0.306. The summed E-state index contributed by atoms with van der Waals surface area (Å²) in [4.78, 5) is 22.8. The van der Waals surface area contributed by atoms with Gasteiger partial charge >= 0.3 is 0 Å². The van der Waals surface area contributed by atoms with E-state index in [4.69, 9.17) is 13.7 Å². The molecule has 1 aromatic carbocycles. The molecule has 0 spiro atoms. The van der Waals surface area contributed by atoms with Crippen LogP contribution in [0.2, 0.25) is 0 Å². The highest BCUT2D eigenvalue weighted by atomic mass is 16.2. The van der Waals surface area contributed by atoms with Crippen LogP contribution in [-0.2, 0) is 9.59 Å². The molecule has 1 aromatic rings. The number of nitrogens with zero attached hydrogens (tertiary/aromatic N) is 1. The summed E-state index contributed by atoms with van der Waals surface area (Å²) in [6.45, 7) is 0. The number of nitrogens with two attached hydrogens (primary N) is 1. The van der Waals surface area contributed by atoms with Crippen molar-refractivity contribution in [2.24, 2.45) is 5.84 Å². The van der Waals surface area contributed by atoms with Gasteiger partial charge in [0.15, 0.2) is 0 Å². The normalized spacial score (nSPS) is 15.9. The lowest BCUT2D eigenvalue weighted by atomic mass is 9.94. The molecule has 0 bridgehead atoms. The maximum atomic E-state index is 11.5. The Morgan fingerprint density at radius 1 is 1.12 bits per heavy atom. The van der Waals surface area contributed by atoms with Crippen molar-refractivity contribution in [3.05, 3.63) is 41.5 Å². The molecule has 1 aliphatic rings. The summed E-state index contributed by atoms with van der Waals surface area (Å²) in [6, 6.07) is 8.91. The number of benzene rings is 1. The largest absolute Gasteiger partial charge is 0.351 e. The highest BCUT2D eigenvalue weighted by Gasteiger charge is 2.33. The molecule has 0 atom stereocenters. The molecule has 16 heavy (non-hydrogen) atoms. The monoisotopic (exact) mass is 213 g/mol. The predicted molar refractivity (Wildman–Crippen MR) is 58.9 cm³/mol. The zero-order valence-corrected chi connectivity index (χ0v) is 8.31. The van der Waals surface area contributed by atoms with Gasteiger partial charge in [-0.2, -0.15) is 0 Å². The minimum Gasteiger partial charge on any atom is -0.351 e. The number of imide groups is 1. The van der Waals surface area contributed by atoms with Gasteiger partial charge in [0, 0.05) is 5.69 Å². The third-order valence-corrected chi connectivity index (χ3v) is 2.19. The van der Waals surface area contributed by atoms with Gasteiger partial charge in [0.2, 0.25) is 0 Å². The number of rotatable bonds is 2. The Kier molecular flexibility index (Phi) is 2.50. The Hall–Kier alpha value is -2.08. The Labute approximate surface area is 93.3 Å². The SMILES string of the molecule is [B]C1=C(Nc2ccccc2)C(=O)N(N)C1=O. The number of hydrogen-bond acceptors (Lipinski definition) is 4. The van der Waals surface area contributed by atoms with Crippen molar-refractivity contribution >= 4 is 25.3 Å². The third-order valence-electron chi connectivity index (χ3n) is 2.19. The number of amides is 2. The molecule has 2 rings (SSSR count). The fourth-order valence-corrected chi connectivity index (χ4v) is 1.35. The Bertz CT molecular complexity index is 484. The highest BCUT2D eigenvalue weighted by molar-refractivity contribution is 6.43. The van der Waals surface area contributed by atoms with E-state index in [0.29, 0.717) is 10.7 Å². The minimum absolute atomic E-state index is 0.0127. The predicted octanol–water partition coefficient (Wildman–Crippen LogP) is -0.279. The van der Waals surface area contributed by atoms with E-state index in [9.17, 15) is 9.59 Å². The van der Waals surface area contributed by atoms with Crippen molar-refractivity contribution in [1.29, 1.82) is 0 Å². The van der Waals surface area contributed by atoms with Crippen LogP contribution in [0.1, 0.15) is 0 Å². The van der Waals surface area contributed by atoms with E-state index in [2.05, 4.69) is 5.32 Å². The van der Waals surface area contributed by atoms with Crippen LogP contribution >= 0.6 is 0 Å². The van der Waals surface area contributed by atoms with Gasteiger partial charge in [-0.3, -0.25) is 9.59 Å². The maximum absolute atomic E-state index is 11.5. The molecule has 0 aliphatic carbocycles. The van der Waals surface area contributed by atoms with Gasteiger partial charge in [0.05, 0.1) is 0 Å². The van der Waals surface area contributed by atoms with Crippen LogP contribution in [0.5, 0.6) is 0 Å². The molecule has 0 fully saturated rings. The van der Waals surface area contributed by atoms with Crippen LogP contribution in [-0.4, -0.2) is 24.7 Å². The van der Waals surface area contributed by atoms with Gasteiger partial charge in [-0.1, -0.05) is 18.2 Å². The molecule has 1 aliphatic heterocycles. The number of hydrazine groups is 1. The molecule has 2 radical (unpaired) electrons. The summed E-state index contributed by atoms with van der Waals surface area (Å²) in [6.07, 6.45) is 0. The molecular formula is C10H8BN3O2. The first-order chi connectivity index (χ1) is 7.61. The van der Waals surface area contributed by atoms with Crippen molar-refractivity contribution in [3.63, 3.8) is 0 Å². The summed E-state index contributed by atoms with van der Waals surface area (Å²) in [7, 11) is 5.48.